The molecule has 0 bridgehead atoms. The highest BCUT2D eigenvalue weighted by molar-refractivity contribution is 5.92. The van der Waals surface area contributed by atoms with Crippen LogP contribution in [0, 0.1) is 0 Å². The van der Waals surface area contributed by atoms with E-state index >= 15 is 0 Å². The number of ether oxygens (including phenoxy) is 6. The minimum absolute atomic E-state index is 0.0558. The molecule has 0 aromatic heterocycles. The van der Waals surface area contributed by atoms with Crippen molar-refractivity contribution in [3.63, 3.8) is 0 Å². The van der Waals surface area contributed by atoms with Gasteiger partial charge in [-0.3, -0.25) is 19.2 Å². The molecule has 12 nitrogen and oxygen atoms in total. The van der Waals surface area contributed by atoms with E-state index < -0.39 is 23.9 Å². The van der Waals surface area contributed by atoms with Gasteiger partial charge in [0.25, 0.3) is 0 Å². The van der Waals surface area contributed by atoms with Crippen molar-refractivity contribution in [1.82, 2.24) is 0 Å². The minimum atomic E-state index is -0.563. The molecule has 0 spiro atoms. The Hall–Kier alpha value is -9.42. The average Bonchev–Trinajstić information content (AvgIpc) is 4.03. The van der Waals surface area contributed by atoms with Crippen molar-refractivity contribution in [1.29, 1.82) is 0 Å². The summed E-state index contributed by atoms with van der Waals surface area (Å²) in [6, 6.07) is 54.0. The number of carbonyl (C=O) groups is 6. The van der Waals surface area contributed by atoms with Gasteiger partial charge in [-0.1, -0.05) is 119 Å². The third-order valence-electron chi connectivity index (χ3n) is 14.2. The van der Waals surface area contributed by atoms with E-state index in [1.54, 1.807) is 109 Å². The lowest BCUT2D eigenvalue weighted by Gasteiger charge is -2.10. The third-order valence-corrected chi connectivity index (χ3v) is 14.2. The van der Waals surface area contributed by atoms with Crippen LogP contribution < -0.4 is 28.4 Å². The second-order valence-corrected chi connectivity index (χ2v) is 20.4. The number of carbonyl (C=O) groups excluding carboxylic acids is 6. The van der Waals surface area contributed by atoms with E-state index in [1.165, 1.54) is 11.1 Å². The smallest absolute Gasteiger partial charge is 0.343 e. The molecule has 8 aromatic carbocycles. The molecule has 0 aliphatic heterocycles. The van der Waals surface area contributed by atoms with Crippen molar-refractivity contribution in [3.05, 3.63) is 238 Å². The van der Waals surface area contributed by atoms with Crippen molar-refractivity contribution >= 4 is 35.8 Å². The van der Waals surface area contributed by atoms with E-state index in [4.69, 9.17) is 28.4 Å². The predicted octanol–water partition coefficient (Wildman–Crippen LogP) is 14.3. The highest BCUT2D eigenvalue weighted by Gasteiger charge is 2.27. The van der Waals surface area contributed by atoms with Crippen molar-refractivity contribution in [3.8, 4) is 45.6 Å². The minimum Gasteiger partial charge on any atom is -0.427 e. The fourth-order valence-electron chi connectivity index (χ4n) is 9.72. The summed E-state index contributed by atoms with van der Waals surface area (Å²) in [6.45, 7) is 6.34. The van der Waals surface area contributed by atoms with Gasteiger partial charge in [-0.25, -0.2) is 9.59 Å². The van der Waals surface area contributed by atoms with Crippen LogP contribution in [0.4, 0.5) is 0 Å². The number of esters is 6. The summed E-state index contributed by atoms with van der Waals surface area (Å²) in [4.78, 5) is 76.8. The molecule has 0 heterocycles. The van der Waals surface area contributed by atoms with Gasteiger partial charge in [-0.2, -0.15) is 0 Å². The Morgan fingerprint density at radius 1 is 0.305 bits per heavy atom. The van der Waals surface area contributed by atoms with E-state index in [2.05, 4.69) is 45.0 Å². The molecular weight excluding hydrogens is 1030 g/mol. The Morgan fingerprint density at radius 2 is 0.549 bits per heavy atom. The van der Waals surface area contributed by atoms with Crippen molar-refractivity contribution in [2.75, 3.05) is 0 Å². The van der Waals surface area contributed by atoms with E-state index in [1.807, 2.05) is 48.5 Å². The maximum absolute atomic E-state index is 13.0. The lowest BCUT2D eigenvalue weighted by molar-refractivity contribution is -0.135. The number of aryl methyl sites for hydroxylation is 6. The first-order valence-corrected chi connectivity index (χ1v) is 27.9. The predicted molar refractivity (Wildman–Crippen MR) is 312 cm³/mol. The zero-order valence-electron chi connectivity index (χ0n) is 46.3. The van der Waals surface area contributed by atoms with Gasteiger partial charge >= 0.3 is 35.8 Å². The topological polar surface area (TPSA) is 158 Å². The standard InChI is InChI=1S/C70H64O12/c1-4-6-47-8-12-49(13-9-47)20-40-65(71)77-55-32-24-53(25-33-55)69(75)81-57-28-16-51(17-29-57)22-42-67(73)79-59-36-38-61-62-39-37-60(45-64(62)46(3)63(61)44-59)80-68(74)43-23-52-18-30-58(31-19-52)82-70(76)54-26-34-56(35-27-54)78-66(72)41-21-50-14-10-48(7-5-2)11-15-50/h8-19,24-39,44-46H,4-7,20-23,40-43H2,1-3H3. The second kappa shape index (κ2) is 27.6. The zero-order chi connectivity index (χ0) is 57.4. The molecule has 0 radical (unpaired) electrons. The van der Waals surface area contributed by atoms with Crippen LogP contribution in [0.1, 0.15) is 130 Å². The Kier molecular flexibility index (Phi) is 19.3. The first kappa shape index (κ1) is 57.3. The van der Waals surface area contributed by atoms with Crippen LogP contribution in [0.15, 0.2) is 182 Å². The molecule has 0 N–H and O–H groups in total. The first-order chi connectivity index (χ1) is 39.8. The van der Waals surface area contributed by atoms with Crippen molar-refractivity contribution in [2.24, 2.45) is 0 Å². The van der Waals surface area contributed by atoms with Crippen LogP contribution in [-0.4, -0.2) is 35.8 Å². The number of hydrogen-bond acceptors (Lipinski definition) is 12. The van der Waals surface area contributed by atoms with Crippen LogP contribution in [0.5, 0.6) is 34.5 Å². The highest BCUT2D eigenvalue weighted by Crippen LogP contribution is 2.47. The van der Waals surface area contributed by atoms with Crippen LogP contribution in [0.2, 0.25) is 0 Å². The van der Waals surface area contributed by atoms with E-state index in [0.717, 1.165) is 70.2 Å². The molecule has 0 unspecified atom stereocenters. The maximum Gasteiger partial charge on any atom is 0.343 e. The van der Waals surface area contributed by atoms with Gasteiger partial charge in [0.15, 0.2) is 0 Å². The number of rotatable bonds is 24. The SMILES string of the molecule is CCCc1ccc(CCC(=O)Oc2ccc(C(=O)Oc3ccc(CCC(=O)Oc4ccc5c(c4)C(C)c4cc(OC(=O)CCc6ccc(OC(=O)c7ccc(OC(=O)CCc8ccc(CCC)cc8)cc7)cc6)ccc4-5)cc3)cc2)cc1. The molecule has 82 heavy (non-hydrogen) atoms. The molecule has 0 saturated carbocycles. The van der Waals surface area contributed by atoms with Gasteiger partial charge < -0.3 is 28.4 Å². The van der Waals surface area contributed by atoms with E-state index in [9.17, 15) is 28.8 Å². The van der Waals surface area contributed by atoms with Crippen LogP contribution in [0.25, 0.3) is 11.1 Å². The Morgan fingerprint density at radius 3 is 0.854 bits per heavy atom. The van der Waals surface area contributed by atoms with Gasteiger partial charge in [0.05, 0.1) is 11.1 Å². The summed E-state index contributed by atoms with van der Waals surface area (Å²) in [5.41, 5.74) is 11.0. The van der Waals surface area contributed by atoms with Crippen LogP contribution >= 0.6 is 0 Å². The quantitative estimate of drug-likeness (QED) is 0.0417. The lowest BCUT2D eigenvalue weighted by atomic mass is 9.99. The Labute approximate surface area is 478 Å². The Bertz CT molecular complexity index is 3290. The van der Waals surface area contributed by atoms with E-state index in [0.29, 0.717) is 71.3 Å². The van der Waals surface area contributed by atoms with Gasteiger partial charge in [-0.05, 0) is 191 Å². The van der Waals surface area contributed by atoms with Crippen LogP contribution in [-0.2, 0) is 57.7 Å². The second-order valence-electron chi connectivity index (χ2n) is 20.4. The normalized spacial score (nSPS) is 11.5. The molecule has 8 aromatic rings. The summed E-state index contributed by atoms with van der Waals surface area (Å²) < 4.78 is 33.7. The summed E-state index contributed by atoms with van der Waals surface area (Å²) in [7, 11) is 0. The van der Waals surface area contributed by atoms with Crippen molar-refractivity contribution < 1.29 is 57.2 Å². The summed E-state index contributed by atoms with van der Waals surface area (Å²) in [6.07, 6.45) is 6.91. The molecule has 0 atom stereocenters. The average molecular weight is 1100 g/mol. The maximum atomic E-state index is 13.0. The van der Waals surface area contributed by atoms with Gasteiger partial charge in [-0.15, -0.1) is 0 Å². The summed E-state index contributed by atoms with van der Waals surface area (Å²) >= 11 is 0. The summed E-state index contributed by atoms with van der Waals surface area (Å²) in [5.74, 6) is -0.455. The number of fused-ring (bicyclic) bond motifs is 3. The zero-order valence-corrected chi connectivity index (χ0v) is 46.3. The Balaban J connectivity index is 0.667. The fraction of sp³-hybridized carbons (Fsp3) is 0.229. The third kappa shape index (κ3) is 15.9. The molecule has 9 rings (SSSR count). The molecule has 1 aliphatic carbocycles. The molecular formula is C70H64O12. The van der Waals surface area contributed by atoms with Gasteiger partial charge in [0.1, 0.15) is 34.5 Å². The van der Waals surface area contributed by atoms with Crippen molar-refractivity contribution in [2.45, 2.75) is 104 Å². The molecule has 0 amide bonds. The summed E-state index contributed by atoms with van der Waals surface area (Å²) in [5, 5.41) is 0. The first-order valence-electron chi connectivity index (χ1n) is 27.9. The lowest BCUT2D eigenvalue weighted by Crippen LogP contribution is -2.11. The van der Waals surface area contributed by atoms with Crippen LogP contribution in [0.3, 0.4) is 0 Å². The van der Waals surface area contributed by atoms with E-state index in [-0.39, 0.29) is 43.5 Å². The molecule has 1 aliphatic rings. The molecule has 416 valence electrons. The molecule has 0 fully saturated rings. The number of benzene rings is 8. The molecule has 0 saturated heterocycles. The number of hydrogen-bond donors (Lipinski definition) is 0. The van der Waals surface area contributed by atoms with Gasteiger partial charge in [0, 0.05) is 31.6 Å². The largest absolute Gasteiger partial charge is 0.427 e. The molecule has 12 heteroatoms. The monoisotopic (exact) mass is 1100 g/mol. The highest BCUT2D eigenvalue weighted by atomic mass is 16.6. The van der Waals surface area contributed by atoms with Gasteiger partial charge in [0.2, 0.25) is 0 Å². The fourth-order valence-corrected chi connectivity index (χ4v) is 9.72.